The minimum Gasteiger partial charge on any atom is -0.479 e. The lowest BCUT2D eigenvalue weighted by Gasteiger charge is -2.04. The number of nitro benzene ring substituents is 1. The molecule has 1 amide bonds. The molecule has 1 N–H and O–H groups in total. The molecule has 2 heterocycles. The molecule has 11 heteroatoms. The molecule has 168 valence electrons. The zero-order valence-electron chi connectivity index (χ0n) is 16.9. The Bertz CT molecular complexity index is 1320. The lowest BCUT2D eigenvalue weighted by Crippen LogP contribution is -2.12. The molecular weight excluding hydrogens is 455 g/mol. The Morgan fingerprint density at radius 1 is 1.21 bits per heavy atom. The molecule has 4 rings (SSSR count). The molecule has 0 spiro atoms. The highest BCUT2D eigenvalue weighted by atomic mass is 35.5. The van der Waals surface area contributed by atoms with Crippen molar-refractivity contribution in [3.63, 3.8) is 0 Å². The number of hydrogen-bond acceptors (Lipinski definition) is 6. The van der Waals surface area contributed by atoms with Crippen molar-refractivity contribution in [2.24, 2.45) is 0 Å². The molecular formula is C22H16ClFN4O5. The molecule has 0 saturated carbocycles. The summed E-state index contributed by atoms with van der Waals surface area (Å²) in [5.74, 6) is -0.482. The minimum absolute atomic E-state index is 0.0214. The largest absolute Gasteiger partial charge is 0.479 e. The van der Waals surface area contributed by atoms with Gasteiger partial charge in [-0.2, -0.15) is 5.10 Å². The van der Waals surface area contributed by atoms with Crippen molar-refractivity contribution in [3.05, 3.63) is 105 Å². The Morgan fingerprint density at radius 2 is 2.03 bits per heavy atom. The summed E-state index contributed by atoms with van der Waals surface area (Å²) in [5.41, 5.74) is 0.506. The smallest absolute Gasteiger partial charge is 0.310 e. The molecule has 0 fully saturated rings. The third-order valence-corrected chi connectivity index (χ3v) is 4.78. The van der Waals surface area contributed by atoms with Crippen LogP contribution in [0.25, 0.3) is 0 Å². The Balaban J connectivity index is 1.39. The quantitative estimate of drug-likeness (QED) is 0.284. The van der Waals surface area contributed by atoms with Crippen LogP contribution < -0.4 is 10.1 Å². The van der Waals surface area contributed by atoms with E-state index in [1.54, 1.807) is 18.2 Å². The SMILES string of the molecule is O=C(Nc1nn(Cc2cccc(F)c2)cc1Cl)c1ccc(COc2ccccc2[N+](=O)[O-])o1. The number of nitrogens with zero attached hydrogens (tertiary/aromatic N) is 3. The van der Waals surface area contributed by atoms with E-state index in [0.29, 0.717) is 11.3 Å². The number of halogens is 2. The van der Waals surface area contributed by atoms with Gasteiger partial charge in [0.15, 0.2) is 17.3 Å². The Kier molecular flexibility index (Phi) is 6.36. The number of para-hydroxylation sites is 2. The Morgan fingerprint density at radius 3 is 2.82 bits per heavy atom. The third-order valence-electron chi connectivity index (χ3n) is 4.50. The number of benzene rings is 2. The molecule has 0 atom stereocenters. The molecule has 9 nitrogen and oxygen atoms in total. The zero-order chi connectivity index (χ0) is 23.4. The maximum absolute atomic E-state index is 13.4. The van der Waals surface area contributed by atoms with Crippen molar-refractivity contribution in [1.29, 1.82) is 0 Å². The van der Waals surface area contributed by atoms with E-state index in [9.17, 15) is 19.3 Å². The third kappa shape index (κ3) is 5.36. The van der Waals surface area contributed by atoms with Gasteiger partial charge in [-0.25, -0.2) is 4.39 Å². The molecule has 33 heavy (non-hydrogen) atoms. The van der Waals surface area contributed by atoms with Crippen molar-refractivity contribution in [3.8, 4) is 5.75 Å². The highest BCUT2D eigenvalue weighted by Gasteiger charge is 2.18. The van der Waals surface area contributed by atoms with Crippen molar-refractivity contribution in [2.75, 3.05) is 5.32 Å². The highest BCUT2D eigenvalue weighted by Crippen LogP contribution is 2.27. The molecule has 0 saturated heterocycles. The fraction of sp³-hybridized carbons (Fsp3) is 0.0909. The molecule has 0 aliphatic carbocycles. The van der Waals surface area contributed by atoms with E-state index >= 15 is 0 Å². The number of ether oxygens (including phenoxy) is 1. The Hall–Kier alpha value is -4.18. The number of furan rings is 1. The van der Waals surface area contributed by atoms with Gasteiger partial charge >= 0.3 is 5.69 Å². The second kappa shape index (κ2) is 9.53. The Labute approximate surface area is 191 Å². The summed E-state index contributed by atoms with van der Waals surface area (Å²) in [5, 5.41) is 18.0. The summed E-state index contributed by atoms with van der Waals surface area (Å²) in [6.07, 6.45) is 1.51. The van der Waals surface area contributed by atoms with Crippen LogP contribution in [0.15, 0.2) is 71.3 Å². The monoisotopic (exact) mass is 470 g/mol. The number of nitrogens with one attached hydrogen (secondary N) is 1. The standard InChI is InChI=1S/C22H16ClFN4O5/c23-17-12-27(11-14-4-3-5-15(24)10-14)26-21(17)25-22(29)20-9-8-16(33-20)13-32-19-7-2-1-6-18(19)28(30)31/h1-10,12H,11,13H2,(H,25,26,29). The number of hydrogen-bond donors (Lipinski definition) is 1. The summed E-state index contributed by atoms with van der Waals surface area (Å²) in [6.45, 7) is 0.155. The van der Waals surface area contributed by atoms with Crippen LogP contribution in [-0.2, 0) is 13.2 Å². The van der Waals surface area contributed by atoms with E-state index < -0.39 is 10.8 Å². The predicted molar refractivity (Wildman–Crippen MR) is 117 cm³/mol. The topological polar surface area (TPSA) is 112 Å². The highest BCUT2D eigenvalue weighted by molar-refractivity contribution is 6.33. The first-order valence-electron chi connectivity index (χ1n) is 9.63. The van der Waals surface area contributed by atoms with Gasteiger partial charge in [0.1, 0.15) is 23.2 Å². The minimum atomic E-state index is -0.593. The van der Waals surface area contributed by atoms with E-state index in [0.717, 1.165) is 0 Å². The van der Waals surface area contributed by atoms with Gasteiger partial charge in [0.25, 0.3) is 5.91 Å². The van der Waals surface area contributed by atoms with E-state index in [1.165, 1.54) is 53.3 Å². The summed E-state index contributed by atoms with van der Waals surface area (Å²) < 4.78 is 25.8. The van der Waals surface area contributed by atoms with Crippen LogP contribution in [0.5, 0.6) is 5.75 Å². The first-order chi connectivity index (χ1) is 15.9. The first-order valence-corrected chi connectivity index (χ1v) is 10.0. The predicted octanol–water partition coefficient (Wildman–Crippen LogP) is 5.06. The van der Waals surface area contributed by atoms with Crippen molar-refractivity contribution in [1.82, 2.24) is 9.78 Å². The second-order valence-corrected chi connectivity index (χ2v) is 7.29. The van der Waals surface area contributed by atoms with Gasteiger partial charge in [-0.15, -0.1) is 0 Å². The summed E-state index contributed by atoms with van der Waals surface area (Å²) >= 11 is 6.16. The number of anilines is 1. The van der Waals surface area contributed by atoms with Crippen molar-refractivity contribution >= 4 is 29.0 Å². The van der Waals surface area contributed by atoms with E-state index in [1.807, 2.05) is 0 Å². The summed E-state index contributed by atoms with van der Waals surface area (Å²) in [4.78, 5) is 23.0. The first kappa shape index (κ1) is 22.0. The van der Waals surface area contributed by atoms with Crippen LogP contribution in [0.2, 0.25) is 5.02 Å². The molecule has 2 aromatic heterocycles. The summed E-state index contributed by atoms with van der Waals surface area (Å²) in [7, 11) is 0. The van der Waals surface area contributed by atoms with E-state index in [2.05, 4.69) is 10.4 Å². The molecule has 0 aliphatic rings. The van der Waals surface area contributed by atoms with Crippen LogP contribution in [0.3, 0.4) is 0 Å². The number of aromatic nitrogens is 2. The molecule has 0 unspecified atom stereocenters. The lowest BCUT2D eigenvalue weighted by atomic mass is 10.2. The number of nitro groups is 1. The van der Waals surface area contributed by atoms with E-state index in [-0.39, 0.29) is 47.0 Å². The molecule has 0 aliphatic heterocycles. The van der Waals surface area contributed by atoms with Gasteiger partial charge in [0.05, 0.1) is 11.5 Å². The number of carbonyl (C=O) groups excluding carboxylic acids is 1. The fourth-order valence-corrected chi connectivity index (χ4v) is 3.21. The normalized spacial score (nSPS) is 10.7. The van der Waals surface area contributed by atoms with Gasteiger partial charge in [0.2, 0.25) is 0 Å². The average Bonchev–Trinajstić information content (AvgIpc) is 3.39. The maximum atomic E-state index is 13.4. The molecule has 4 aromatic rings. The molecule has 0 bridgehead atoms. The van der Waals surface area contributed by atoms with Gasteiger partial charge in [-0.3, -0.25) is 19.6 Å². The van der Waals surface area contributed by atoms with Crippen LogP contribution in [0.1, 0.15) is 21.9 Å². The van der Waals surface area contributed by atoms with Gasteiger partial charge in [-0.1, -0.05) is 35.9 Å². The number of amides is 1. The number of rotatable bonds is 8. The fourth-order valence-electron chi connectivity index (χ4n) is 3.01. The van der Waals surface area contributed by atoms with Crippen molar-refractivity contribution in [2.45, 2.75) is 13.2 Å². The van der Waals surface area contributed by atoms with Crippen LogP contribution in [-0.4, -0.2) is 20.6 Å². The lowest BCUT2D eigenvalue weighted by molar-refractivity contribution is -0.386. The van der Waals surface area contributed by atoms with Crippen LogP contribution >= 0.6 is 11.6 Å². The van der Waals surface area contributed by atoms with Crippen LogP contribution in [0.4, 0.5) is 15.9 Å². The second-order valence-electron chi connectivity index (χ2n) is 6.89. The average molecular weight is 471 g/mol. The number of carbonyl (C=O) groups is 1. The van der Waals surface area contributed by atoms with Gasteiger partial charge in [0, 0.05) is 12.3 Å². The van der Waals surface area contributed by atoms with Crippen LogP contribution in [0, 0.1) is 15.9 Å². The summed E-state index contributed by atoms with van der Waals surface area (Å²) in [6, 6.07) is 15.0. The zero-order valence-corrected chi connectivity index (χ0v) is 17.7. The molecule has 0 radical (unpaired) electrons. The van der Waals surface area contributed by atoms with Crippen molar-refractivity contribution < 1.29 is 23.3 Å². The molecule has 2 aromatic carbocycles. The maximum Gasteiger partial charge on any atom is 0.310 e. The van der Waals surface area contributed by atoms with E-state index in [4.69, 9.17) is 20.8 Å². The van der Waals surface area contributed by atoms with Gasteiger partial charge < -0.3 is 14.5 Å². The van der Waals surface area contributed by atoms with Gasteiger partial charge in [-0.05, 0) is 35.9 Å².